The fourth-order valence-electron chi connectivity index (χ4n) is 3.08. The Morgan fingerprint density at radius 2 is 1.65 bits per heavy atom. The second kappa shape index (κ2) is 9.09. The SMILES string of the molecule is CC(=O)c1cccc(NC(=O)c2ccn(COc3ccc(-c4ccccc4)cc3)n2)c1. The summed E-state index contributed by atoms with van der Waals surface area (Å²) in [4.78, 5) is 23.9. The van der Waals surface area contributed by atoms with E-state index in [0.29, 0.717) is 17.0 Å². The summed E-state index contributed by atoms with van der Waals surface area (Å²) < 4.78 is 7.32. The smallest absolute Gasteiger partial charge is 0.276 e. The molecule has 1 heterocycles. The molecule has 0 aliphatic heterocycles. The van der Waals surface area contributed by atoms with Crippen LogP contribution in [0.5, 0.6) is 5.75 Å². The number of anilines is 1. The van der Waals surface area contributed by atoms with Gasteiger partial charge in [-0.25, -0.2) is 4.68 Å². The van der Waals surface area contributed by atoms with Gasteiger partial charge in [-0.3, -0.25) is 9.59 Å². The predicted octanol–water partition coefficient (Wildman–Crippen LogP) is 5.04. The van der Waals surface area contributed by atoms with Gasteiger partial charge in [0.05, 0.1) is 0 Å². The Morgan fingerprint density at radius 3 is 2.39 bits per heavy atom. The molecule has 0 spiro atoms. The van der Waals surface area contributed by atoms with Crippen molar-refractivity contribution in [3.8, 4) is 16.9 Å². The number of aromatic nitrogens is 2. The van der Waals surface area contributed by atoms with E-state index in [-0.39, 0.29) is 24.1 Å². The lowest BCUT2D eigenvalue weighted by Crippen LogP contribution is -2.14. The standard InChI is InChI=1S/C25H21N3O3/c1-18(29)21-8-5-9-22(16-21)26-25(30)24-14-15-28(27-24)17-31-23-12-10-20(11-13-23)19-6-3-2-4-7-19/h2-16H,17H2,1H3,(H,26,30). The Bertz CT molecular complexity index is 1200. The number of benzene rings is 3. The van der Waals surface area contributed by atoms with Crippen LogP contribution >= 0.6 is 0 Å². The van der Waals surface area contributed by atoms with Crippen LogP contribution in [-0.4, -0.2) is 21.5 Å². The van der Waals surface area contributed by atoms with Crippen molar-refractivity contribution in [2.75, 3.05) is 5.32 Å². The van der Waals surface area contributed by atoms with Crippen LogP contribution < -0.4 is 10.1 Å². The number of hydrogen-bond donors (Lipinski definition) is 1. The maximum Gasteiger partial charge on any atom is 0.276 e. The molecule has 4 aromatic rings. The van der Waals surface area contributed by atoms with Crippen LogP contribution in [0, 0.1) is 0 Å². The summed E-state index contributed by atoms with van der Waals surface area (Å²) in [7, 11) is 0. The van der Waals surface area contributed by atoms with Gasteiger partial charge in [-0.2, -0.15) is 5.10 Å². The molecule has 31 heavy (non-hydrogen) atoms. The van der Waals surface area contributed by atoms with Gasteiger partial charge in [0, 0.05) is 17.4 Å². The quantitative estimate of drug-likeness (QED) is 0.432. The summed E-state index contributed by atoms with van der Waals surface area (Å²) in [5, 5.41) is 7.01. The van der Waals surface area contributed by atoms with E-state index in [9.17, 15) is 9.59 Å². The number of ketones is 1. The summed E-state index contributed by atoms with van der Waals surface area (Å²) in [6, 6.07) is 26.3. The number of carbonyl (C=O) groups excluding carboxylic acids is 2. The van der Waals surface area contributed by atoms with E-state index in [1.54, 1.807) is 41.2 Å². The van der Waals surface area contributed by atoms with Gasteiger partial charge in [-0.1, -0.05) is 54.6 Å². The zero-order valence-corrected chi connectivity index (χ0v) is 17.0. The first-order valence-corrected chi connectivity index (χ1v) is 9.82. The van der Waals surface area contributed by atoms with Gasteiger partial charge >= 0.3 is 0 Å². The zero-order chi connectivity index (χ0) is 21.6. The first-order chi connectivity index (χ1) is 15.1. The highest BCUT2D eigenvalue weighted by atomic mass is 16.5. The Labute approximate surface area is 180 Å². The normalized spacial score (nSPS) is 10.5. The van der Waals surface area contributed by atoms with Crippen LogP contribution in [-0.2, 0) is 6.73 Å². The Balaban J connectivity index is 1.35. The maximum atomic E-state index is 12.4. The molecule has 0 saturated carbocycles. The highest BCUT2D eigenvalue weighted by Gasteiger charge is 2.11. The molecule has 0 radical (unpaired) electrons. The molecule has 0 bridgehead atoms. The number of nitrogens with zero attached hydrogens (tertiary/aromatic N) is 2. The van der Waals surface area contributed by atoms with E-state index < -0.39 is 0 Å². The average molecular weight is 411 g/mol. The van der Waals surface area contributed by atoms with Crippen molar-refractivity contribution in [2.45, 2.75) is 13.7 Å². The number of ether oxygens (including phenoxy) is 1. The molecule has 0 unspecified atom stereocenters. The third kappa shape index (κ3) is 5.05. The van der Waals surface area contributed by atoms with E-state index in [4.69, 9.17) is 4.74 Å². The van der Waals surface area contributed by atoms with Gasteiger partial charge in [-0.05, 0) is 48.4 Å². The van der Waals surface area contributed by atoms with Crippen molar-refractivity contribution in [1.82, 2.24) is 9.78 Å². The molecule has 1 aromatic heterocycles. The van der Waals surface area contributed by atoms with Gasteiger partial charge < -0.3 is 10.1 Å². The highest BCUT2D eigenvalue weighted by Crippen LogP contribution is 2.22. The Hall–Kier alpha value is -4.19. The van der Waals surface area contributed by atoms with Crippen molar-refractivity contribution >= 4 is 17.4 Å². The molecular formula is C25H21N3O3. The largest absolute Gasteiger partial charge is 0.471 e. The van der Waals surface area contributed by atoms with Crippen LogP contribution in [0.1, 0.15) is 27.8 Å². The lowest BCUT2D eigenvalue weighted by Gasteiger charge is -2.08. The molecule has 1 N–H and O–H groups in total. The molecule has 0 atom stereocenters. The van der Waals surface area contributed by atoms with Gasteiger partial charge in [0.15, 0.2) is 18.2 Å². The summed E-state index contributed by atoms with van der Waals surface area (Å²) >= 11 is 0. The minimum absolute atomic E-state index is 0.0608. The third-order valence-electron chi connectivity index (χ3n) is 4.73. The van der Waals surface area contributed by atoms with Gasteiger partial charge in [0.2, 0.25) is 0 Å². The number of carbonyl (C=O) groups is 2. The summed E-state index contributed by atoms with van der Waals surface area (Å²) in [6.45, 7) is 1.66. The van der Waals surface area contributed by atoms with Gasteiger partial charge in [0.25, 0.3) is 5.91 Å². The van der Waals surface area contributed by atoms with Crippen LogP contribution in [0.3, 0.4) is 0 Å². The van der Waals surface area contributed by atoms with Gasteiger partial charge in [-0.15, -0.1) is 0 Å². The van der Waals surface area contributed by atoms with Crippen molar-refractivity contribution in [1.29, 1.82) is 0 Å². The fourth-order valence-corrected chi connectivity index (χ4v) is 3.08. The lowest BCUT2D eigenvalue weighted by molar-refractivity contribution is 0.100. The maximum absolute atomic E-state index is 12.4. The van der Waals surface area contributed by atoms with Crippen LogP contribution in [0.25, 0.3) is 11.1 Å². The van der Waals surface area contributed by atoms with E-state index >= 15 is 0 Å². The molecule has 154 valence electrons. The second-order valence-corrected chi connectivity index (χ2v) is 7.00. The summed E-state index contributed by atoms with van der Waals surface area (Å²) in [6.07, 6.45) is 1.68. The first kappa shape index (κ1) is 20.1. The Kier molecular flexibility index (Phi) is 5.89. The van der Waals surface area contributed by atoms with E-state index in [1.165, 1.54) is 6.92 Å². The summed E-state index contributed by atoms with van der Waals surface area (Å²) in [5.41, 5.74) is 3.60. The molecule has 0 saturated heterocycles. The van der Waals surface area contributed by atoms with Gasteiger partial charge in [0.1, 0.15) is 5.75 Å². The predicted molar refractivity (Wildman–Crippen MR) is 119 cm³/mol. The number of nitrogens with one attached hydrogen (secondary N) is 1. The monoisotopic (exact) mass is 411 g/mol. The molecule has 6 heteroatoms. The Morgan fingerprint density at radius 1 is 0.903 bits per heavy atom. The molecule has 1 amide bonds. The summed E-state index contributed by atoms with van der Waals surface area (Å²) in [5.74, 6) is 0.295. The molecular weight excluding hydrogens is 390 g/mol. The highest BCUT2D eigenvalue weighted by molar-refractivity contribution is 6.03. The molecule has 0 fully saturated rings. The van der Waals surface area contributed by atoms with Crippen molar-refractivity contribution in [3.05, 3.63) is 102 Å². The molecule has 0 aliphatic rings. The minimum atomic E-state index is -0.355. The lowest BCUT2D eigenvalue weighted by atomic mass is 10.1. The van der Waals surface area contributed by atoms with E-state index in [1.807, 2.05) is 42.5 Å². The third-order valence-corrected chi connectivity index (χ3v) is 4.73. The number of Topliss-reactive ketones (excluding diaryl/α,β-unsaturated/α-hetero) is 1. The van der Waals surface area contributed by atoms with E-state index in [2.05, 4.69) is 22.5 Å². The van der Waals surface area contributed by atoms with Crippen molar-refractivity contribution < 1.29 is 14.3 Å². The van der Waals surface area contributed by atoms with Crippen LogP contribution in [0.15, 0.2) is 91.1 Å². The molecule has 4 rings (SSSR count). The first-order valence-electron chi connectivity index (χ1n) is 9.82. The molecule has 6 nitrogen and oxygen atoms in total. The van der Waals surface area contributed by atoms with E-state index in [0.717, 1.165) is 11.1 Å². The topological polar surface area (TPSA) is 73.2 Å². The fraction of sp³-hybridized carbons (Fsp3) is 0.0800. The molecule has 3 aromatic carbocycles. The second-order valence-electron chi connectivity index (χ2n) is 7.00. The van der Waals surface area contributed by atoms with Crippen molar-refractivity contribution in [3.63, 3.8) is 0 Å². The number of hydrogen-bond acceptors (Lipinski definition) is 4. The number of amides is 1. The minimum Gasteiger partial charge on any atom is -0.471 e. The average Bonchev–Trinajstić information content (AvgIpc) is 3.28. The zero-order valence-electron chi connectivity index (χ0n) is 17.0. The van der Waals surface area contributed by atoms with Crippen LogP contribution in [0.4, 0.5) is 5.69 Å². The number of rotatable bonds is 7. The van der Waals surface area contributed by atoms with Crippen molar-refractivity contribution in [2.24, 2.45) is 0 Å². The molecule has 0 aliphatic carbocycles. The van der Waals surface area contributed by atoms with Crippen LogP contribution in [0.2, 0.25) is 0 Å².